The van der Waals surface area contributed by atoms with Gasteiger partial charge in [-0.15, -0.1) is 0 Å². The number of aromatic amines is 1. The molecule has 37 heavy (non-hydrogen) atoms. The molecule has 5 rings (SSSR count). The maximum absolute atomic E-state index is 13.1. The number of hydrogen-bond donors (Lipinski definition) is 3. The van der Waals surface area contributed by atoms with Crippen LogP contribution in [-0.4, -0.2) is 76.5 Å². The molecule has 1 saturated carbocycles. The van der Waals surface area contributed by atoms with Gasteiger partial charge in [0, 0.05) is 42.9 Å². The van der Waals surface area contributed by atoms with E-state index in [0.717, 1.165) is 5.57 Å². The number of carbonyl (C=O) groups excluding carboxylic acids is 2. The van der Waals surface area contributed by atoms with Crippen LogP contribution >= 0.6 is 0 Å². The summed E-state index contributed by atoms with van der Waals surface area (Å²) in [6.45, 7) is 7.35. The average molecular weight is 516 g/mol. The van der Waals surface area contributed by atoms with E-state index in [2.05, 4.69) is 4.98 Å². The first-order chi connectivity index (χ1) is 17.6. The van der Waals surface area contributed by atoms with Gasteiger partial charge in [-0.3, -0.25) is 0 Å². The summed E-state index contributed by atoms with van der Waals surface area (Å²) >= 11 is 0. The Bertz CT molecular complexity index is 1080. The Morgan fingerprint density at radius 1 is 1.30 bits per heavy atom. The topological polar surface area (TPSA) is 127 Å². The van der Waals surface area contributed by atoms with E-state index in [9.17, 15) is 19.8 Å². The lowest BCUT2D eigenvalue weighted by molar-refractivity contribution is -0.172. The van der Waals surface area contributed by atoms with E-state index in [0.29, 0.717) is 5.69 Å². The standard InChI is InChI=1S/C28H37NO8/c1-13-11-14(2)28-17(12-20(34-5)27(33)35-23(13)16(4)30)8-9-18-21(28)22(31)15(3)24(25(18)37-28)36-26(32)19-7-6-10-29-19/h6-11,13,15-18,20-25,29-31H,12H2,1-5H3. The molecule has 202 valence electrons. The Hall–Kier alpha value is -2.46. The second-order valence-electron chi connectivity index (χ2n) is 11.1. The van der Waals surface area contributed by atoms with Crippen LogP contribution in [0.4, 0.5) is 0 Å². The zero-order valence-corrected chi connectivity index (χ0v) is 21.9. The summed E-state index contributed by atoms with van der Waals surface area (Å²) in [6, 6.07) is 3.37. The molecule has 3 heterocycles. The van der Waals surface area contributed by atoms with Crippen molar-refractivity contribution in [2.24, 2.45) is 29.6 Å². The predicted octanol–water partition coefficient (Wildman–Crippen LogP) is 2.40. The third kappa shape index (κ3) is 4.07. The van der Waals surface area contributed by atoms with Crippen molar-refractivity contribution in [2.45, 2.75) is 76.3 Å². The quantitative estimate of drug-likeness (QED) is 0.412. The maximum atomic E-state index is 13.1. The number of aromatic nitrogens is 1. The number of nitrogens with one attached hydrogen (secondary N) is 1. The Kier molecular flexibility index (Phi) is 6.85. The minimum atomic E-state index is -0.933. The van der Waals surface area contributed by atoms with Crippen LogP contribution in [-0.2, 0) is 23.7 Å². The molecule has 12 unspecified atom stereocenters. The molecule has 3 N–H and O–H groups in total. The molecule has 2 fully saturated rings. The zero-order valence-electron chi connectivity index (χ0n) is 21.9. The molecule has 0 radical (unpaired) electrons. The van der Waals surface area contributed by atoms with E-state index in [-0.39, 0.29) is 36.0 Å². The third-order valence-corrected chi connectivity index (χ3v) is 8.94. The van der Waals surface area contributed by atoms with Crippen LogP contribution in [0.2, 0.25) is 0 Å². The highest BCUT2D eigenvalue weighted by Crippen LogP contribution is 2.61. The predicted molar refractivity (Wildman–Crippen MR) is 132 cm³/mol. The van der Waals surface area contributed by atoms with E-state index in [1.807, 2.05) is 39.0 Å². The van der Waals surface area contributed by atoms with Crippen molar-refractivity contribution in [3.63, 3.8) is 0 Å². The van der Waals surface area contributed by atoms with Crippen molar-refractivity contribution < 1.29 is 38.7 Å². The molecule has 1 saturated heterocycles. The van der Waals surface area contributed by atoms with Crippen LogP contribution in [0.25, 0.3) is 0 Å². The molecule has 4 aliphatic rings. The second kappa shape index (κ2) is 9.69. The number of methoxy groups -OCH3 is 1. The Morgan fingerprint density at radius 2 is 2.05 bits per heavy atom. The van der Waals surface area contributed by atoms with Gasteiger partial charge >= 0.3 is 11.9 Å². The lowest BCUT2D eigenvalue weighted by atomic mass is 9.57. The molecule has 12 atom stereocenters. The van der Waals surface area contributed by atoms with Gasteiger partial charge < -0.3 is 34.1 Å². The van der Waals surface area contributed by atoms with Crippen LogP contribution in [0.1, 0.15) is 44.6 Å². The van der Waals surface area contributed by atoms with Crippen LogP contribution in [0, 0.1) is 29.6 Å². The number of carbonyl (C=O) groups is 2. The Morgan fingerprint density at radius 3 is 2.70 bits per heavy atom. The molecule has 2 aliphatic heterocycles. The molecule has 9 heteroatoms. The molecule has 0 amide bonds. The van der Waals surface area contributed by atoms with E-state index in [1.54, 1.807) is 25.3 Å². The fourth-order valence-electron chi connectivity index (χ4n) is 7.14. The van der Waals surface area contributed by atoms with Gasteiger partial charge in [0.15, 0.2) is 6.10 Å². The zero-order chi connectivity index (χ0) is 26.6. The molecule has 1 aromatic rings. The number of ether oxygens (including phenoxy) is 4. The van der Waals surface area contributed by atoms with E-state index in [1.165, 1.54) is 7.11 Å². The average Bonchev–Trinajstić information content (AvgIpc) is 3.46. The minimum Gasteiger partial charge on any atom is -0.457 e. The SMILES string of the molecule is COC1CC2C=CC3C4OC2(C(C)=CC(C)C(C(C)O)OC1=O)C3C(O)C(C)C4OC(=O)c1ccc[nH]1. The summed E-state index contributed by atoms with van der Waals surface area (Å²) in [6.07, 6.45) is 3.53. The van der Waals surface area contributed by atoms with E-state index in [4.69, 9.17) is 18.9 Å². The highest BCUT2D eigenvalue weighted by atomic mass is 16.6. The summed E-state index contributed by atoms with van der Waals surface area (Å²) < 4.78 is 24.2. The minimum absolute atomic E-state index is 0.175. The van der Waals surface area contributed by atoms with Crippen molar-refractivity contribution in [3.8, 4) is 0 Å². The van der Waals surface area contributed by atoms with Crippen LogP contribution in [0.3, 0.4) is 0 Å². The number of H-pyrrole nitrogens is 1. The maximum Gasteiger partial charge on any atom is 0.355 e. The number of esters is 2. The second-order valence-corrected chi connectivity index (χ2v) is 11.1. The van der Waals surface area contributed by atoms with Crippen LogP contribution in [0.5, 0.6) is 0 Å². The number of rotatable bonds is 4. The lowest BCUT2D eigenvalue weighted by Gasteiger charge is -2.48. The first-order valence-corrected chi connectivity index (χ1v) is 13.1. The number of hydrogen-bond acceptors (Lipinski definition) is 8. The van der Waals surface area contributed by atoms with Gasteiger partial charge in [-0.2, -0.15) is 0 Å². The van der Waals surface area contributed by atoms with Gasteiger partial charge in [0.1, 0.15) is 29.6 Å². The van der Waals surface area contributed by atoms with Crippen molar-refractivity contribution in [1.82, 2.24) is 4.98 Å². The highest BCUT2D eigenvalue weighted by molar-refractivity contribution is 5.87. The van der Waals surface area contributed by atoms with Crippen LogP contribution < -0.4 is 0 Å². The Balaban J connectivity index is 1.58. The van der Waals surface area contributed by atoms with E-state index >= 15 is 0 Å². The van der Waals surface area contributed by atoms with Gasteiger partial charge in [0.25, 0.3) is 0 Å². The molecule has 1 aromatic heterocycles. The van der Waals surface area contributed by atoms with Crippen LogP contribution in [0.15, 0.2) is 42.1 Å². The third-order valence-electron chi connectivity index (χ3n) is 8.94. The van der Waals surface area contributed by atoms with Gasteiger partial charge in [-0.1, -0.05) is 32.1 Å². The monoisotopic (exact) mass is 515 g/mol. The van der Waals surface area contributed by atoms with Gasteiger partial charge in [0.05, 0.1) is 12.2 Å². The normalized spacial score (nSPS) is 43.9. The largest absolute Gasteiger partial charge is 0.457 e. The van der Waals surface area contributed by atoms with Crippen molar-refractivity contribution in [1.29, 1.82) is 0 Å². The summed E-state index contributed by atoms with van der Waals surface area (Å²) in [5.74, 6) is -2.49. The summed E-state index contributed by atoms with van der Waals surface area (Å²) in [5, 5.41) is 22.1. The smallest absolute Gasteiger partial charge is 0.355 e. The van der Waals surface area contributed by atoms with Gasteiger partial charge in [-0.05, 0) is 38.0 Å². The van der Waals surface area contributed by atoms with Crippen molar-refractivity contribution >= 4 is 11.9 Å². The first-order valence-electron chi connectivity index (χ1n) is 13.1. The molecular weight excluding hydrogens is 478 g/mol. The van der Waals surface area contributed by atoms with Gasteiger partial charge in [0.2, 0.25) is 0 Å². The lowest BCUT2D eigenvalue weighted by Crippen LogP contribution is -2.57. The van der Waals surface area contributed by atoms with Crippen molar-refractivity contribution in [2.75, 3.05) is 7.11 Å². The molecular formula is C28H37NO8. The summed E-state index contributed by atoms with van der Waals surface area (Å²) in [7, 11) is 1.46. The fourth-order valence-corrected chi connectivity index (χ4v) is 7.14. The van der Waals surface area contributed by atoms with E-state index < -0.39 is 54.2 Å². The number of aliphatic hydroxyl groups is 2. The highest BCUT2D eigenvalue weighted by Gasteiger charge is 2.69. The number of cyclic esters (lactones) is 1. The molecule has 2 aliphatic carbocycles. The molecule has 4 bridgehead atoms. The molecule has 0 aromatic carbocycles. The van der Waals surface area contributed by atoms with Gasteiger partial charge in [-0.25, -0.2) is 9.59 Å². The Labute approximate surface area is 216 Å². The van der Waals surface area contributed by atoms with Crippen molar-refractivity contribution in [3.05, 3.63) is 47.8 Å². The fraction of sp³-hybridized carbons (Fsp3) is 0.643. The molecule has 9 nitrogen and oxygen atoms in total. The number of aliphatic hydroxyl groups excluding tert-OH is 2. The first kappa shape index (κ1) is 26.2. The summed E-state index contributed by atoms with van der Waals surface area (Å²) in [4.78, 5) is 28.8. The summed E-state index contributed by atoms with van der Waals surface area (Å²) in [5.41, 5.74) is 0.301. The molecule has 1 spiro atoms.